The first-order valence-corrected chi connectivity index (χ1v) is 8.23. The molecule has 0 saturated heterocycles. The SMILES string of the molecule is CCOc1ccc(NCc2ccc(Cl)c3cccnc23)cc1CO. The molecular weight excluding hydrogens is 324 g/mol. The van der Waals surface area contributed by atoms with E-state index in [0.717, 1.165) is 27.7 Å². The Balaban J connectivity index is 1.82. The van der Waals surface area contributed by atoms with Crippen LogP contribution in [0.1, 0.15) is 18.1 Å². The van der Waals surface area contributed by atoms with Gasteiger partial charge in [-0.15, -0.1) is 0 Å². The van der Waals surface area contributed by atoms with Crippen molar-refractivity contribution in [2.75, 3.05) is 11.9 Å². The average Bonchev–Trinajstić information content (AvgIpc) is 2.62. The second-order valence-corrected chi connectivity index (χ2v) is 5.78. The maximum absolute atomic E-state index is 9.49. The second kappa shape index (κ2) is 7.51. The van der Waals surface area contributed by atoms with E-state index in [1.54, 1.807) is 6.20 Å². The van der Waals surface area contributed by atoms with Crippen LogP contribution in [0.15, 0.2) is 48.7 Å². The minimum absolute atomic E-state index is 0.0592. The maximum atomic E-state index is 9.49. The van der Waals surface area contributed by atoms with Gasteiger partial charge in [-0.3, -0.25) is 4.98 Å². The predicted molar refractivity (Wildman–Crippen MR) is 97.6 cm³/mol. The number of aliphatic hydroxyl groups is 1. The van der Waals surface area contributed by atoms with E-state index in [1.807, 2.05) is 49.4 Å². The number of ether oxygens (including phenoxy) is 1. The molecule has 3 rings (SSSR count). The molecule has 0 spiro atoms. The fourth-order valence-electron chi connectivity index (χ4n) is 2.65. The first-order chi connectivity index (χ1) is 11.7. The highest BCUT2D eigenvalue weighted by atomic mass is 35.5. The van der Waals surface area contributed by atoms with Gasteiger partial charge in [0.2, 0.25) is 0 Å². The number of hydrogen-bond donors (Lipinski definition) is 2. The van der Waals surface area contributed by atoms with Crippen molar-refractivity contribution in [2.45, 2.75) is 20.1 Å². The Morgan fingerprint density at radius 3 is 2.83 bits per heavy atom. The summed E-state index contributed by atoms with van der Waals surface area (Å²) in [6.07, 6.45) is 1.77. The fourth-order valence-corrected chi connectivity index (χ4v) is 2.86. The number of nitrogens with zero attached hydrogens (tertiary/aromatic N) is 1. The lowest BCUT2D eigenvalue weighted by Gasteiger charge is -2.13. The van der Waals surface area contributed by atoms with Crippen LogP contribution in [0.4, 0.5) is 5.69 Å². The van der Waals surface area contributed by atoms with E-state index in [0.29, 0.717) is 23.9 Å². The van der Waals surface area contributed by atoms with Crippen molar-refractivity contribution in [3.05, 3.63) is 64.8 Å². The number of halogens is 1. The van der Waals surface area contributed by atoms with E-state index in [-0.39, 0.29) is 6.61 Å². The summed E-state index contributed by atoms with van der Waals surface area (Å²) in [7, 11) is 0. The van der Waals surface area contributed by atoms with Crippen LogP contribution in [-0.2, 0) is 13.2 Å². The topological polar surface area (TPSA) is 54.4 Å². The van der Waals surface area contributed by atoms with Crippen molar-refractivity contribution >= 4 is 28.2 Å². The normalized spacial score (nSPS) is 10.8. The zero-order chi connectivity index (χ0) is 16.9. The van der Waals surface area contributed by atoms with Gasteiger partial charge in [-0.05, 0) is 48.9 Å². The van der Waals surface area contributed by atoms with Gasteiger partial charge in [-0.1, -0.05) is 17.7 Å². The van der Waals surface area contributed by atoms with Gasteiger partial charge in [0, 0.05) is 34.4 Å². The summed E-state index contributed by atoms with van der Waals surface area (Å²) in [5.74, 6) is 0.712. The molecule has 0 radical (unpaired) electrons. The average molecular weight is 343 g/mol. The molecule has 0 aliphatic rings. The summed E-state index contributed by atoms with van der Waals surface area (Å²) in [4.78, 5) is 4.44. The number of benzene rings is 2. The molecule has 0 saturated carbocycles. The molecule has 0 fully saturated rings. The zero-order valence-corrected chi connectivity index (χ0v) is 14.2. The largest absolute Gasteiger partial charge is 0.494 e. The summed E-state index contributed by atoms with van der Waals surface area (Å²) in [5.41, 5.74) is 3.64. The molecule has 2 aromatic carbocycles. The molecule has 1 aromatic heterocycles. The van der Waals surface area contributed by atoms with Crippen LogP contribution in [0.2, 0.25) is 5.02 Å². The Bertz CT molecular complexity index is 852. The number of aliphatic hydroxyl groups excluding tert-OH is 1. The van der Waals surface area contributed by atoms with Gasteiger partial charge in [-0.2, -0.15) is 0 Å². The quantitative estimate of drug-likeness (QED) is 0.697. The second-order valence-electron chi connectivity index (χ2n) is 5.37. The number of fused-ring (bicyclic) bond motifs is 1. The summed E-state index contributed by atoms with van der Waals surface area (Å²) in [5, 5.41) is 14.5. The number of aromatic nitrogens is 1. The highest BCUT2D eigenvalue weighted by Crippen LogP contribution is 2.27. The molecule has 4 nitrogen and oxygen atoms in total. The van der Waals surface area contributed by atoms with E-state index in [2.05, 4.69) is 10.3 Å². The first kappa shape index (κ1) is 16.6. The summed E-state index contributed by atoms with van der Waals surface area (Å²) < 4.78 is 5.50. The number of rotatable bonds is 6. The third-order valence-corrected chi connectivity index (χ3v) is 4.14. The predicted octanol–water partition coefficient (Wildman–Crippen LogP) is 4.39. The molecule has 3 aromatic rings. The van der Waals surface area contributed by atoms with Crippen LogP contribution in [-0.4, -0.2) is 16.7 Å². The Morgan fingerprint density at radius 1 is 1.17 bits per heavy atom. The Hall–Kier alpha value is -2.30. The summed E-state index contributed by atoms with van der Waals surface area (Å²) >= 11 is 6.23. The third kappa shape index (κ3) is 3.45. The molecule has 0 aliphatic heterocycles. The molecular formula is C19H19ClN2O2. The van der Waals surface area contributed by atoms with Crippen LogP contribution in [0.5, 0.6) is 5.75 Å². The van der Waals surface area contributed by atoms with Crippen molar-refractivity contribution in [2.24, 2.45) is 0 Å². The van der Waals surface area contributed by atoms with Gasteiger partial charge < -0.3 is 15.2 Å². The highest BCUT2D eigenvalue weighted by molar-refractivity contribution is 6.35. The molecule has 0 atom stereocenters. The van der Waals surface area contributed by atoms with Crippen molar-refractivity contribution < 1.29 is 9.84 Å². The van der Waals surface area contributed by atoms with Gasteiger partial charge in [0.25, 0.3) is 0 Å². The van der Waals surface area contributed by atoms with Crippen molar-refractivity contribution in [3.8, 4) is 5.75 Å². The van der Waals surface area contributed by atoms with E-state index in [1.165, 1.54) is 0 Å². The van der Waals surface area contributed by atoms with Gasteiger partial charge in [-0.25, -0.2) is 0 Å². The zero-order valence-electron chi connectivity index (χ0n) is 13.4. The van der Waals surface area contributed by atoms with Crippen LogP contribution in [0, 0.1) is 0 Å². The maximum Gasteiger partial charge on any atom is 0.124 e. The molecule has 2 N–H and O–H groups in total. The molecule has 0 aliphatic carbocycles. The molecule has 0 amide bonds. The first-order valence-electron chi connectivity index (χ1n) is 7.85. The van der Waals surface area contributed by atoms with Crippen LogP contribution >= 0.6 is 11.6 Å². The lowest BCUT2D eigenvalue weighted by atomic mass is 10.1. The Kier molecular flexibility index (Phi) is 5.18. The van der Waals surface area contributed by atoms with Crippen molar-refractivity contribution in [1.29, 1.82) is 0 Å². The standard InChI is InChI=1S/C19H19ClN2O2/c1-2-24-18-8-6-15(10-14(18)12-23)22-11-13-5-7-17(20)16-4-3-9-21-19(13)16/h3-10,22-23H,2,11-12H2,1H3. The molecule has 0 bridgehead atoms. The van der Waals surface area contributed by atoms with Crippen LogP contribution in [0.25, 0.3) is 10.9 Å². The minimum Gasteiger partial charge on any atom is -0.494 e. The minimum atomic E-state index is -0.0592. The van der Waals surface area contributed by atoms with E-state index < -0.39 is 0 Å². The lowest BCUT2D eigenvalue weighted by molar-refractivity contribution is 0.267. The highest BCUT2D eigenvalue weighted by Gasteiger charge is 2.07. The number of nitrogens with one attached hydrogen (secondary N) is 1. The number of anilines is 1. The molecule has 124 valence electrons. The molecule has 24 heavy (non-hydrogen) atoms. The third-order valence-electron chi connectivity index (χ3n) is 3.81. The number of hydrogen-bond acceptors (Lipinski definition) is 4. The Morgan fingerprint density at radius 2 is 2.04 bits per heavy atom. The van der Waals surface area contributed by atoms with Crippen molar-refractivity contribution in [1.82, 2.24) is 4.98 Å². The fraction of sp³-hybridized carbons (Fsp3) is 0.211. The van der Waals surface area contributed by atoms with Gasteiger partial charge >= 0.3 is 0 Å². The van der Waals surface area contributed by atoms with Gasteiger partial charge in [0.05, 0.1) is 18.7 Å². The van der Waals surface area contributed by atoms with E-state index in [4.69, 9.17) is 16.3 Å². The van der Waals surface area contributed by atoms with E-state index in [9.17, 15) is 5.11 Å². The van der Waals surface area contributed by atoms with Crippen LogP contribution in [0.3, 0.4) is 0 Å². The summed E-state index contributed by atoms with van der Waals surface area (Å²) in [6, 6.07) is 13.4. The van der Waals surface area contributed by atoms with E-state index >= 15 is 0 Å². The smallest absolute Gasteiger partial charge is 0.124 e. The lowest BCUT2D eigenvalue weighted by Crippen LogP contribution is -2.03. The Labute approximate surface area is 146 Å². The van der Waals surface area contributed by atoms with Crippen LogP contribution < -0.4 is 10.1 Å². The monoisotopic (exact) mass is 342 g/mol. The molecule has 0 unspecified atom stereocenters. The van der Waals surface area contributed by atoms with Gasteiger partial charge in [0.15, 0.2) is 0 Å². The van der Waals surface area contributed by atoms with Gasteiger partial charge in [0.1, 0.15) is 5.75 Å². The molecule has 5 heteroatoms. The number of pyridine rings is 1. The van der Waals surface area contributed by atoms with Crippen molar-refractivity contribution in [3.63, 3.8) is 0 Å². The summed E-state index contributed by atoms with van der Waals surface area (Å²) in [6.45, 7) is 3.05. The molecule has 1 heterocycles.